The highest BCUT2D eigenvalue weighted by atomic mass is 16.4. The van der Waals surface area contributed by atoms with Crippen LogP contribution >= 0.6 is 0 Å². The van der Waals surface area contributed by atoms with Gasteiger partial charge in [-0.1, -0.05) is 31.2 Å². The van der Waals surface area contributed by atoms with Crippen LogP contribution in [-0.2, 0) is 6.42 Å². The van der Waals surface area contributed by atoms with Crippen LogP contribution in [0.2, 0.25) is 0 Å². The number of anilines is 2. The van der Waals surface area contributed by atoms with Gasteiger partial charge in [-0.2, -0.15) is 0 Å². The van der Waals surface area contributed by atoms with Crippen LogP contribution in [0.5, 0.6) is 0 Å². The number of fused-ring (bicyclic) bond motifs is 1. The number of nitrogens with two attached hydrogens (primary N) is 2. The fraction of sp³-hybridized carbons (Fsp3) is 0.158. The molecule has 25 heavy (non-hydrogen) atoms. The number of hydrogen-bond acceptors (Lipinski definition) is 4. The molecular weight excluding hydrogens is 316 g/mol. The topological polar surface area (TPSA) is 97.8 Å². The molecule has 128 valence electrons. The summed E-state index contributed by atoms with van der Waals surface area (Å²) in [7, 11) is 1.80. The van der Waals surface area contributed by atoms with Gasteiger partial charge in [-0.15, -0.1) is 0 Å². The van der Waals surface area contributed by atoms with E-state index in [0.717, 1.165) is 12.1 Å². The summed E-state index contributed by atoms with van der Waals surface area (Å²) in [5.41, 5.74) is 14.3. The van der Waals surface area contributed by atoms with E-state index >= 15 is 0 Å². The lowest BCUT2D eigenvalue weighted by Gasteiger charge is -2.18. The standard InChI is InChI=1S/C19H20N4O2/c1-3-12-6-4-8-14(10-12)23(2)19(21)22-16-11-13-7-5-9-15(20)17(13)25-18(16)24/h4-11H,3,20H2,1-2H3,(H2,21,22). The van der Waals surface area contributed by atoms with Crippen LogP contribution in [-0.4, -0.2) is 13.0 Å². The summed E-state index contributed by atoms with van der Waals surface area (Å²) < 4.78 is 5.28. The fourth-order valence-electron chi connectivity index (χ4n) is 2.55. The van der Waals surface area contributed by atoms with E-state index in [1.54, 1.807) is 36.2 Å². The molecule has 3 rings (SSSR count). The van der Waals surface area contributed by atoms with Crippen LogP contribution in [0.3, 0.4) is 0 Å². The van der Waals surface area contributed by atoms with E-state index < -0.39 is 5.63 Å². The number of guanidine groups is 1. The second kappa shape index (κ2) is 6.68. The highest BCUT2D eigenvalue weighted by Gasteiger charge is 2.10. The molecule has 3 aromatic rings. The summed E-state index contributed by atoms with van der Waals surface area (Å²) in [6.07, 6.45) is 0.925. The number of nitrogens with zero attached hydrogens (tertiary/aromatic N) is 2. The molecule has 6 nitrogen and oxygen atoms in total. The second-order valence-corrected chi connectivity index (χ2v) is 5.74. The number of benzene rings is 2. The maximum atomic E-state index is 12.2. The Labute approximate surface area is 145 Å². The quantitative estimate of drug-likeness (QED) is 0.331. The van der Waals surface area contributed by atoms with Crippen LogP contribution < -0.4 is 22.0 Å². The molecule has 0 amide bonds. The van der Waals surface area contributed by atoms with E-state index in [0.29, 0.717) is 16.7 Å². The molecule has 1 heterocycles. The lowest BCUT2D eigenvalue weighted by molar-refractivity contribution is 0.564. The number of rotatable bonds is 3. The summed E-state index contributed by atoms with van der Waals surface area (Å²) in [4.78, 5) is 18.1. The molecule has 0 radical (unpaired) electrons. The van der Waals surface area contributed by atoms with Crippen molar-refractivity contribution in [1.82, 2.24) is 0 Å². The van der Waals surface area contributed by atoms with E-state index in [-0.39, 0.29) is 11.6 Å². The molecule has 4 N–H and O–H groups in total. The van der Waals surface area contributed by atoms with Gasteiger partial charge in [-0.3, -0.25) is 0 Å². The first-order valence-corrected chi connectivity index (χ1v) is 7.98. The Morgan fingerprint density at radius 2 is 1.96 bits per heavy atom. The summed E-state index contributed by atoms with van der Waals surface area (Å²) >= 11 is 0. The van der Waals surface area contributed by atoms with E-state index in [1.165, 1.54) is 5.56 Å². The van der Waals surface area contributed by atoms with Crippen molar-refractivity contribution < 1.29 is 4.42 Å². The molecule has 0 fully saturated rings. The molecule has 0 aliphatic carbocycles. The molecule has 0 aliphatic heterocycles. The maximum Gasteiger partial charge on any atom is 0.362 e. The van der Waals surface area contributed by atoms with Crippen LogP contribution in [0.1, 0.15) is 12.5 Å². The minimum Gasteiger partial charge on any atom is -0.419 e. The van der Waals surface area contributed by atoms with Gasteiger partial charge < -0.3 is 20.8 Å². The minimum absolute atomic E-state index is 0.133. The Morgan fingerprint density at radius 1 is 1.20 bits per heavy atom. The van der Waals surface area contributed by atoms with Crippen molar-refractivity contribution >= 4 is 34.0 Å². The summed E-state index contributed by atoms with van der Waals surface area (Å²) in [6, 6.07) is 14.9. The third kappa shape index (κ3) is 3.33. The monoisotopic (exact) mass is 336 g/mol. The van der Waals surface area contributed by atoms with Crippen molar-refractivity contribution in [2.45, 2.75) is 13.3 Å². The Morgan fingerprint density at radius 3 is 2.72 bits per heavy atom. The third-order valence-electron chi connectivity index (χ3n) is 4.06. The van der Waals surface area contributed by atoms with Gasteiger partial charge >= 0.3 is 5.63 Å². The molecule has 0 bridgehead atoms. The van der Waals surface area contributed by atoms with Gasteiger partial charge in [0.2, 0.25) is 5.96 Å². The smallest absolute Gasteiger partial charge is 0.362 e. The number of para-hydroxylation sites is 1. The lowest BCUT2D eigenvalue weighted by Crippen LogP contribution is -2.33. The van der Waals surface area contributed by atoms with Crippen molar-refractivity contribution in [1.29, 1.82) is 0 Å². The lowest BCUT2D eigenvalue weighted by atomic mass is 10.1. The largest absolute Gasteiger partial charge is 0.419 e. The van der Waals surface area contributed by atoms with Gasteiger partial charge in [0.1, 0.15) is 0 Å². The number of hydrogen-bond donors (Lipinski definition) is 2. The number of aliphatic imine (C=N–C) groups is 1. The molecule has 0 saturated heterocycles. The first kappa shape index (κ1) is 16.6. The van der Waals surface area contributed by atoms with Crippen molar-refractivity contribution in [3.05, 3.63) is 64.5 Å². The SMILES string of the molecule is CCc1cccc(N(C)C(N)=Nc2cc3cccc(N)c3oc2=O)c1. The molecular formula is C19H20N4O2. The number of nitrogen functional groups attached to an aromatic ring is 1. The fourth-order valence-corrected chi connectivity index (χ4v) is 2.55. The van der Waals surface area contributed by atoms with Gasteiger partial charge in [0.05, 0.1) is 5.69 Å². The molecule has 0 atom stereocenters. The zero-order chi connectivity index (χ0) is 18.0. The summed E-state index contributed by atoms with van der Waals surface area (Å²) in [6.45, 7) is 2.09. The van der Waals surface area contributed by atoms with E-state index in [9.17, 15) is 4.79 Å². The number of aryl methyl sites for hydroxylation is 1. The van der Waals surface area contributed by atoms with Crippen LogP contribution in [0, 0.1) is 0 Å². The van der Waals surface area contributed by atoms with Crippen LogP contribution in [0.4, 0.5) is 17.1 Å². The van der Waals surface area contributed by atoms with Crippen molar-refractivity contribution in [2.75, 3.05) is 17.7 Å². The van der Waals surface area contributed by atoms with E-state index in [1.807, 2.05) is 24.3 Å². The zero-order valence-electron chi connectivity index (χ0n) is 14.2. The molecule has 0 unspecified atom stereocenters. The highest BCUT2D eigenvalue weighted by molar-refractivity contribution is 5.96. The van der Waals surface area contributed by atoms with Gasteiger partial charge in [0, 0.05) is 18.1 Å². The van der Waals surface area contributed by atoms with Crippen molar-refractivity contribution in [3.63, 3.8) is 0 Å². The second-order valence-electron chi connectivity index (χ2n) is 5.74. The molecule has 6 heteroatoms. The molecule has 2 aromatic carbocycles. The van der Waals surface area contributed by atoms with E-state index in [4.69, 9.17) is 15.9 Å². The van der Waals surface area contributed by atoms with Crippen LogP contribution in [0.15, 0.2) is 62.7 Å². The predicted octanol–water partition coefficient (Wildman–Crippen LogP) is 3.02. The first-order valence-electron chi connectivity index (χ1n) is 7.98. The molecule has 0 saturated carbocycles. The summed E-state index contributed by atoms with van der Waals surface area (Å²) in [5, 5.41) is 0.696. The van der Waals surface area contributed by atoms with Gasteiger partial charge in [-0.05, 0) is 36.2 Å². The van der Waals surface area contributed by atoms with Crippen molar-refractivity contribution in [2.24, 2.45) is 10.7 Å². The molecule has 1 aromatic heterocycles. The Balaban J connectivity index is 2.00. The Bertz CT molecular complexity index is 1010. The minimum atomic E-state index is -0.580. The van der Waals surface area contributed by atoms with Gasteiger partial charge in [-0.25, -0.2) is 9.79 Å². The van der Waals surface area contributed by atoms with Crippen molar-refractivity contribution in [3.8, 4) is 0 Å². The third-order valence-corrected chi connectivity index (χ3v) is 4.06. The average Bonchev–Trinajstić information content (AvgIpc) is 2.62. The first-order chi connectivity index (χ1) is 12.0. The highest BCUT2D eigenvalue weighted by Crippen LogP contribution is 2.23. The molecule has 0 aliphatic rings. The van der Waals surface area contributed by atoms with Gasteiger partial charge in [0.25, 0.3) is 0 Å². The average molecular weight is 336 g/mol. The zero-order valence-corrected chi connectivity index (χ0v) is 14.2. The summed E-state index contributed by atoms with van der Waals surface area (Å²) in [5.74, 6) is 0.198. The maximum absolute atomic E-state index is 12.2. The van der Waals surface area contributed by atoms with E-state index in [2.05, 4.69) is 11.9 Å². The Hall–Kier alpha value is -3.28. The van der Waals surface area contributed by atoms with Crippen LogP contribution in [0.25, 0.3) is 11.0 Å². The predicted molar refractivity (Wildman–Crippen MR) is 102 cm³/mol. The Kier molecular flexibility index (Phi) is 4.43. The normalized spacial score (nSPS) is 11.7. The molecule has 0 spiro atoms. The van der Waals surface area contributed by atoms with Gasteiger partial charge in [0.15, 0.2) is 11.3 Å².